The summed E-state index contributed by atoms with van der Waals surface area (Å²) in [7, 11) is 1.90. The van der Waals surface area contributed by atoms with Crippen LogP contribution in [0.25, 0.3) is 4.96 Å². The first-order valence-electron chi connectivity index (χ1n) is 7.07. The molecule has 0 fully saturated rings. The minimum absolute atomic E-state index is 0.0446. The summed E-state index contributed by atoms with van der Waals surface area (Å²) < 4.78 is 1.55. The van der Waals surface area contributed by atoms with Crippen LogP contribution in [0.4, 0.5) is 11.6 Å². The summed E-state index contributed by atoms with van der Waals surface area (Å²) in [5.41, 5.74) is 2.57. The van der Waals surface area contributed by atoms with Crippen molar-refractivity contribution in [1.82, 2.24) is 9.38 Å². The molecule has 0 radical (unpaired) electrons. The van der Waals surface area contributed by atoms with Gasteiger partial charge in [-0.3, -0.25) is 0 Å². The highest BCUT2D eigenvalue weighted by molar-refractivity contribution is 7.15. The highest BCUT2D eigenvalue weighted by atomic mass is 32.1. The number of hydrogen-bond donors (Lipinski definition) is 0. The second-order valence-electron chi connectivity index (χ2n) is 5.44. The molecule has 4 rings (SSSR count). The number of aromatic nitrogens is 2. The fraction of sp³-hybridized carbons (Fsp3) is 0.267. The number of rotatable bonds is 3. The van der Waals surface area contributed by atoms with E-state index in [-0.39, 0.29) is 16.8 Å². The monoisotopic (exact) mass is 314 g/mol. The maximum atomic E-state index is 11.5. The number of imidazole rings is 1. The summed E-state index contributed by atoms with van der Waals surface area (Å²) in [5, 5.41) is 13.3. The van der Waals surface area contributed by atoms with Crippen molar-refractivity contribution in [3.8, 4) is 0 Å². The minimum atomic E-state index is -0.348. The predicted octanol–water partition coefficient (Wildman–Crippen LogP) is 3.43. The molecule has 2 aromatic heterocycles. The fourth-order valence-electron chi connectivity index (χ4n) is 3.25. The molecule has 0 N–H and O–H groups in total. The van der Waals surface area contributed by atoms with Gasteiger partial charge in [0.1, 0.15) is 6.20 Å². The van der Waals surface area contributed by atoms with Crippen LogP contribution < -0.4 is 4.90 Å². The quantitative estimate of drug-likeness (QED) is 0.549. The number of benzene rings is 1. The van der Waals surface area contributed by atoms with E-state index < -0.39 is 0 Å². The van der Waals surface area contributed by atoms with Crippen molar-refractivity contribution in [1.29, 1.82) is 0 Å². The molecule has 2 heterocycles. The Morgan fingerprint density at radius 1 is 1.45 bits per heavy atom. The van der Waals surface area contributed by atoms with Crippen LogP contribution in [0, 0.1) is 10.1 Å². The first-order chi connectivity index (χ1) is 10.7. The molecule has 0 amide bonds. The van der Waals surface area contributed by atoms with Crippen molar-refractivity contribution in [2.75, 3.05) is 11.9 Å². The third-order valence-corrected chi connectivity index (χ3v) is 5.05. The molecule has 0 aliphatic heterocycles. The molecular formula is C15H14N4O2S. The maximum Gasteiger partial charge on any atom is 0.373 e. The lowest BCUT2D eigenvalue weighted by Crippen LogP contribution is -2.23. The van der Waals surface area contributed by atoms with Gasteiger partial charge in [-0.05, 0) is 28.9 Å². The second-order valence-corrected chi connectivity index (χ2v) is 6.31. The number of nitro groups is 1. The van der Waals surface area contributed by atoms with Gasteiger partial charge in [-0.15, -0.1) is 0 Å². The number of anilines is 1. The topological polar surface area (TPSA) is 63.7 Å². The van der Waals surface area contributed by atoms with Gasteiger partial charge in [-0.1, -0.05) is 35.6 Å². The first kappa shape index (κ1) is 13.3. The van der Waals surface area contributed by atoms with Gasteiger partial charge in [0.2, 0.25) is 5.82 Å². The SMILES string of the molecule is CN(c1nc2sccn2c1[N+](=O)[O-])C1CCc2ccccc21. The highest BCUT2D eigenvalue weighted by Crippen LogP contribution is 2.40. The van der Waals surface area contributed by atoms with Gasteiger partial charge in [0.05, 0.1) is 6.04 Å². The zero-order chi connectivity index (χ0) is 15.3. The number of thiazole rings is 1. The molecule has 0 saturated heterocycles. The Bertz CT molecular complexity index is 869. The molecule has 0 bridgehead atoms. The van der Waals surface area contributed by atoms with Gasteiger partial charge in [0.25, 0.3) is 4.96 Å². The molecule has 6 nitrogen and oxygen atoms in total. The Balaban J connectivity index is 1.81. The Morgan fingerprint density at radius 2 is 2.27 bits per heavy atom. The molecule has 1 aliphatic rings. The molecule has 1 atom stereocenters. The van der Waals surface area contributed by atoms with E-state index in [1.54, 1.807) is 10.6 Å². The number of hydrogen-bond acceptors (Lipinski definition) is 5. The summed E-state index contributed by atoms with van der Waals surface area (Å²) in [6.45, 7) is 0. The summed E-state index contributed by atoms with van der Waals surface area (Å²) in [6, 6.07) is 8.43. The molecular weight excluding hydrogens is 300 g/mol. The van der Waals surface area contributed by atoms with Gasteiger partial charge in [-0.2, -0.15) is 9.38 Å². The number of fused-ring (bicyclic) bond motifs is 2. The van der Waals surface area contributed by atoms with Gasteiger partial charge in [0.15, 0.2) is 0 Å². The summed E-state index contributed by atoms with van der Waals surface area (Å²) in [6.07, 6.45) is 3.66. The lowest BCUT2D eigenvalue weighted by molar-refractivity contribution is -0.389. The van der Waals surface area contributed by atoms with Crippen molar-refractivity contribution in [3.63, 3.8) is 0 Å². The molecule has 3 aromatic rings. The zero-order valence-electron chi connectivity index (χ0n) is 12.0. The Kier molecular flexibility index (Phi) is 2.90. The van der Waals surface area contributed by atoms with Crippen LogP contribution in [-0.2, 0) is 6.42 Å². The smallest absolute Gasteiger partial charge is 0.358 e. The van der Waals surface area contributed by atoms with E-state index in [2.05, 4.69) is 17.1 Å². The van der Waals surface area contributed by atoms with Crippen LogP contribution >= 0.6 is 11.3 Å². The van der Waals surface area contributed by atoms with E-state index in [0.717, 1.165) is 12.8 Å². The molecule has 7 heteroatoms. The van der Waals surface area contributed by atoms with Crippen LogP contribution in [0.1, 0.15) is 23.6 Å². The number of aryl methyl sites for hydroxylation is 1. The summed E-state index contributed by atoms with van der Waals surface area (Å²) in [4.78, 5) is 18.2. The summed E-state index contributed by atoms with van der Waals surface area (Å²) >= 11 is 1.41. The largest absolute Gasteiger partial charge is 0.373 e. The van der Waals surface area contributed by atoms with Crippen molar-refractivity contribution in [3.05, 3.63) is 57.1 Å². The molecule has 22 heavy (non-hydrogen) atoms. The Hall–Kier alpha value is -2.41. The van der Waals surface area contributed by atoms with E-state index in [4.69, 9.17) is 0 Å². The normalized spacial score (nSPS) is 16.9. The van der Waals surface area contributed by atoms with Crippen LogP contribution in [0.2, 0.25) is 0 Å². The van der Waals surface area contributed by atoms with E-state index in [9.17, 15) is 10.1 Å². The van der Waals surface area contributed by atoms with Crippen LogP contribution in [-0.4, -0.2) is 21.4 Å². The van der Waals surface area contributed by atoms with Gasteiger partial charge in [-0.25, -0.2) is 0 Å². The third-order valence-electron chi connectivity index (χ3n) is 4.29. The zero-order valence-corrected chi connectivity index (χ0v) is 12.8. The van der Waals surface area contributed by atoms with Crippen molar-refractivity contribution in [2.45, 2.75) is 18.9 Å². The molecule has 0 saturated carbocycles. The molecule has 1 unspecified atom stereocenters. The molecule has 1 aliphatic carbocycles. The lowest BCUT2D eigenvalue weighted by Gasteiger charge is -2.24. The lowest BCUT2D eigenvalue weighted by atomic mass is 10.1. The average Bonchev–Trinajstić information content (AvgIpc) is 3.19. The second kappa shape index (κ2) is 4.81. The van der Waals surface area contributed by atoms with Crippen LogP contribution in [0.15, 0.2) is 35.8 Å². The van der Waals surface area contributed by atoms with Crippen molar-refractivity contribution in [2.24, 2.45) is 0 Å². The van der Waals surface area contributed by atoms with Gasteiger partial charge < -0.3 is 15.0 Å². The van der Waals surface area contributed by atoms with Crippen molar-refractivity contribution >= 4 is 27.9 Å². The predicted molar refractivity (Wildman–Crippen MR) is 85.6 cm³/mol. The maximum absolute atomic E-state index is 11.5. The molecule has 0 spiro atoms. The van der Waals surface area contributed by atoms with Crippen LogP contribution in [0.5, 0.6) is 0 Å². The standard InChI is InChI=1S/C15H14N4O2S/c1-17(12-7-6-10-4-2-3-5-11(10)12)13-14(19(20)21)18-8-9-22-15(18)16-13/h2-5,8-9,12H,6-7H2,1H3. The average molecular weight is 314 g/mol. The van der Waals surface area contributed by atoms with Gasteiger partial charge >= 0.3 is 5.82 Å². The number of nitrogens with zero attached hydrogens (tertiary/aromatic N) is 4. The molecule has 112 valence electrons. The van der Waals surface area contributed by atoms with Crippen molar-refractivity contribution < 1.29 is 4.92 Å². The fourth-order valence-corrected chi connectivity index (χ4v) is 3.96. The van der Waals surface area contributed by atoms with E-state index in [1.807, 2.05) is 29.5 Å². The summed E-state index contributed by atoms with van der Waals surface area (Å²) in [5.74, 6) is 0.488. The first-order valence-corrected chi connectivity index (χ1v) is 7.95. The Morgan fingerprint density at radius 3 is 3.09 bits per heavy atom. The Labute approximate surface area is 130 Å². The van der Waals surface area contributed by atoms with E-state index >= 15 is 0 Å². The molecule has 1 aromatic carbocycles. The highest BCUT2D eigenvalue weighted by Gasteiger charge is 2.33. The third kappa shape index (κ3) is 1.82. The van der Waals surface area contributed by atoms with Crippen LogP contribution in [0.3, 0.4) is 0 Å². The minimum Gasteiger partial charge on any atom is -0.358 e. The van der Waals surface area contributed by atoms with E-state index in [0.29, 0.717) is 10.8 Å². The van der Waals surface area contributed by atoms with E-state index in [1.165, 1.54) is 22.5 Å². The van der Waals surface area contributed by atoms with Gasteiger partial charge in [0, 0.05) is 12.4 Å².